The lowest BCUT2D eigenvalue weighted by Crippen LogP contribution is -2.34. The fourth-order valence-electron chi connectivity index (χ4n) is 4.07. The van der Waals surface area contributed by atoms with E-state index >= 15 is 0 Å². The largest absolute Gasteiger partial charge is 0.497 e. The topological polar surface area (TPSA) is 61.9 Å². The Bertz CT molecular complexity index is 883. The first kappa shape index (κ1) is 18.3. The Morgan fingerprint density at radius 3 is 2.75 bits per heavy atom. The van der Waals surface area contributed by atoms with E-state index < -0.39 is 0 Å². The molecule has 0 unspecified atom stereocenters. The first-order valence-electron chi connectivity index (χ1n) is 9.78. The molecule has 1 N–H and O–H groups in total. The third-order valence-electron chi connectivity index (χ3n) is 5.47. The molecular weight excluding hydrogens is 354 g/mol. The Morgan fingerprint density at radius 1 is 1.11 bits per heavy atom. The second-order valence-electron chi connectivity index (χ2n) is 7.26. The summed E-state index contributed by atoms with van der Waals surface area (Å²) in [5.74, 6) is 0.939. The number of urea groups is 1. The van der Waals surface area contributed by atoms with Gasteiger partial charge in [0.05, 0.1) is 13.2 Å². The molecule has 0 aromatic heterocycles. The number of hydrogen-bond acceptors (Lipinski definition) is 3. The highest BCUT2D eigenvalue weighted by Crippen LogP contribution is 2.34. The minimum Gasteiger partial charge on any atom is -0.497 e. The van der Waals surface area contributed by atoms with Crippen molar-refractivity contribution in [3.63, 3.8) is 0 Å². The lowest BCUT2D eigenvalue weighted by molar-refractivity contribution is -0.117. The van der Waals surface area contributed by atoms with Gasteiger partial charge in [0.25, 0.3) is 0 Å². The molecule has 2 saturated heterocycles. The highest BCUT2D eigenvalue weighted by Gasteiger charge is 2.30. The van der Waals surface area contributed by atoms with E-state index in [0.717, 1.165) is 49.4 Å². The van der Waals surface area contributed by atoms with Gasteiger partial charge in [-0.1, -0.05) is 18.2 Å². The number of hydrogen-bond donors (Lipinski definition) is 1. The van der Waals surface area contributed by atoms with Crippen molar-refractivity contribution in [2.75, 3.05) is 30.4 Å². The number of likely N-dealkylation sites (tertiary alicyclic amines) is 1. The van der Waals surface area contributed by atoms with Crippen LogP contribution < -0.4 is 15.0 Å². The van der Waals surface area contributed by atoms with Gasteiger partial charge in [-0.2, -0.15) is 0 Å². The number of rotatable bonds is 4. The summed E-state index contributed by atoms with van der Waals surface area (Å²) in [6.45, 7) is 1.46. The number of methoxy groups -OCH3 is 1. The van der Waals surface area contributed by atoms with E-state index in [2.05, 4.69) is 5.32 Å². The van der Waals surface area contributed by atoms with Crippen LogP contribution >= 0.6 is 0 Å². The fraction of sp³-hybridized carbons (Fsp3) is 0.364. The highest BCUT2D eigenvalue weighted by molar-refractivity contribution is 5.96. The number of amides is 3. The summed E-state index contributed by atoms with van der Waals surface area (Å²) < 4.78 is 5.33. The van der Waals surface area contributed by atoms with Crippen LogP contribution in [0.4, 0.5) is 16.2 Å². The second-order valence-corrected chi connectivity index (χ2v) is 7.26. The molecule has 0 radical (unpaired) electrons. The van der Waals surface area contributed by atoms with Gasteiger partial charge in [-0.3, -0.25) is 4.79 Å². The van der Waals surface area contributed by atoms with Gasteiger partial charge in [-0.15, -0.1) is 0 Å². The number of nitrogens with zero attached hydrogens (tertiary/aromatic N) is 2. The van der Waals surface area contributed by atoms with Crippen molar-refractivity contribution in [3.8, 4) is 5.75 Å². The van der Waals surface area contributed by atoms with E-state index in [0.29, 0.717) is 12.1 Å². The minimum atomic E-state index is -0.116. The fourth-order valence-corrected chi connectivity index (χ4v) is 4.07. The number of carbonyl (C=O) groups is 2. The molecule has 0 saturated carbocycles. The molecule has 0 spiro atoms. The van der Waals surface area contributed by atoms with E-state index in [4.69, 9.17) is 4.74 Å². The van der Waals surface area contributed by atoms with Crippen molar-refractivity contribution in [3.05, 3.63) is 54.1 Å². The quantitative estimate of drug-likeness (QED) is 0.866. The van der Waals surface area contributed by atoms with Crippen LogP contribution in [0, 0.1) is 0 Å². The van der Waals surface area contributed by atoms with Crippen LogP contribution in [0.3, 0.4) is 0 Å². The summed E-state index contributed by atoms with van der Waals surface area (Å²) in [5.41, 5.74) is 2.63. The van der Waals surface area contributed by atoms with Gasteiger partial charge in [0.15, 0.2) is 0 Å². The number of carbonyl (C=O) groups excluding carboxylic acids is 2. The van der Waals surface area contributed by atoms with E-state index in [-0.39, 0.29) is 18.0 Å². The first-order chi connectivity index (χ1) is 13.7. The predicted octanol–water partition coefficient (Wildman–Crippen LogP) is 4.19. The monoisotopic (exact) mass is 379 g/mol. The Morgan fingerprint density at radius 2 is 1.96 bits per heavy atom. The maximum absolute atomic E-state index is 13.0. The standard InChI is InChI=1S/C22H25N3O3/c1-28-19-9-2-6-16(14-19)20-10-4-13-25(20)22(27)23-17-7-3-8-18(15-17)24-12-5-11-21(24)26/h2-3,6-9,14-15,20H,4-5,10-13H2,1H3,(H,23,27)/t20-/m0/s1. The lowest BCUT2D eigenvalue weighted by atomic mass is 10.0. The van der Waals surface area contributed by atoms with Gasteiger partial charge in [-0.25, -0.2) is 4.79 Å². The van der Waals surface area contributed by atoms with E-state index in [1.165, 1.54) is 0 Å². The van der Waals surface area contributed by atoms with Crippen LogP contribution in [-0.2, 0) is 4.79 Å². The minimum absolute atomic E-state index is 0.0402. The number of anilines is 2. The van der Waals surface area contributed by atoms with E-state index in [9.17, 15) is 9.59 Å². The van der Waals surface area contributed by atoms with Gasteiger partial charge in [0.1, 0.15) is 5.75 Å². The summed E-state index contributed by atoms with van der Waals surface area (Å²) >= 11 is 0. The molecule has 2 aliphatic rings. The number of benzene rings is 2. The molecule has 0 bridgehead atoms. The van der Waals surface area contributed by atoms with Gasteiger partial charge >= 0.3 is 6.03 Å². The van der Waals surface area contributed by atoms with E-state index in [1.807, 2.05) is 53.4 Å². The smallest absolute Gasteiger partial charge is 0.322 e. The SMILES string of the molecule is COc1cccc([C@@H]2CCCN2C(=O)Nc2cccc(N3CCCC3=O)c2)c1. The first-order valence-corrected chi connectivity index (χ1v) is 9.78. The van der Waals surface area contributed by atoms with Crippen molar-refractivity contribution in [1.29, 1.82) is 0 Å². The zero-order valence-electron chi connectivity index (χ0n) is 16.1. The molecule has 1 atom stereocenters. The maximum atomic E-state index is 13.0. The molecule has 3 amide bonds. The molecule has 28 heavy (non-hydrogen) atoms. The van der Waals surface area contributed by atoms with Crippen molar-refractivity contribution < 1.29 is 14.3 Å². The predicted molar refractivity (Wildman–Crippen MR) is 109 cm³/mol. The summed E-state index contributed by atoms with van der Waals surface area (Å²) in [5, 5.41) is 3.01. The zero-order valence-corrected chi connectivity index (χ0v) is 16.1. The molecular formula is C22H25N3O3. The Kier molecular flexibility index (Phi) is 5.19. The van der Waals surface area contributed by atoms with Gasteiger partial charge in [0.2, 0.25) is 5.91 Å². The number of nitrogens with one attached hydrogen (secondary N) is 1. The number of ether oxygens (including phenoxy) is 1. The van der Waals surface area contributed by atoms with Crippen molar-refractivity contribution in [2.24, 2.45) is 0 Å². The molecule has 2 aromatic rings. The average Bonchev–Trinajstić information content (AvgIpc) is 3.37. The van der Waals surface area contributed by atoms with Crippen LogP contribution in [0.2, 0.25) is 0 Å². The zero-order chi connectivity index (χ0) is 19.5. The molecule has 6 nitrogen and oxygen atoms in total. The summed E-state index contributed by atoms with van der Waals surface area (Å²) in [6.07, 6.45) is 3.37. The van der Waals surface area contributed by atoms with E-state index in [1.54, 1.807) is 12.0 Å². The normalized spacial score (nSPS) is 19.2. The van der Waals surface area contributed by atoms with Crippen molar-refractivity contribution >= 4 is 23.3 Å². The third-order valence-corrected chi connectivity index (χ3v) is 5.47. The van der Waals surface area contributed by atoms with Crippen LogP contribution in [0.15, 0.2) is 48.5 Å². The van der Waals surface area contributed by atoms with Gasteiger partial charge in [0, 0.05) is 30.9 Å². The Balaban J connectivity index is 1.49. The van der Waals surface area contributed by atoms with Crippen molar-refractivity contribution in [2.45, 2.75) is 31.7 Å². The summed E-state index contributed by atoms with van der Waals surface area (Å²) in [6, 6.07) is 15.3. The average molecular weight is 379 g/mol. The van der Waals surface area contributed by atoms with Crippen LogP contribution in [0.25, 0.3) is 0 Å². The van der Waals surface area contributed by atoms with Crippen LogP contribution in [0.5, 0.6) is 5.75 Å². The molecule has 2 fully saturated rings. The van der Waals surface area contributed by atoms with Gasteiger partial charge in [-0.05, 0) is 55.2 Å². The molecule has 0 aliphatic carbocycles. The van der Waals surface area contributed by atoms with Crippen LogP contribution in [-0.4, -0.2) is 37.0 Å². The summed E-state index contributed by atoms with van der Waals surface area (Å²) in [4.78, 5) is 28.6. The molecule has 2 aromatic carbocycles. The molecule has 4 rings (SSSR count). The molecule has 6 heteroatoms. The molecule has 146 valence electrons. The van der Waals surface area contributed by atoms with Gasteiger partial charge < -0.3 is 19.9 Å². The Labute approximate surface area is 165 Å². The van der Waals surface area contributed by atoms with Crippen LogP contribution in [0.1, 0.15) is 37.3 Å². The molecule has 2 aliphatic heterocycles. The maximum Gasteiger partial charge on any atom is 0.322 e. The van der Waals surface area contributed by atoms with Crippen molar-refractivity contribution in [1.82, 2.24) is 4.90 Å². The summed E-state index contributed by atoms with van der Waals surface area (Å²) in [7, 11) is 1.65. The highest BCUT2D eigenvalue weighted by atomic mass is 16.5. The second kappa shape index (κ2) is 7.92. The molecule has 2 heterocycles. The Hall–Kier alpha value is -3.02. The third kappa shape index (κ3) is 3.67. The lowest BCUT2D eigenvalue weighted by Gasteiger charge is -2.26.